The molecule has 2 aromatic carbocycles. The number of rotatable bonds is 7. The lowest BCUT2D eigenvalue weighted by Crippen LogP contribution is -2.35. The second kappa shape index (κ2) is 10.7. The van der Waals surface area contributed by atoms with Crippen molar-refractivity contribution >= 4 is 35.1 Å². The first-order chi connectivity index (χ1) is 17.7. The Hall–Kier alpha value is -4.35. The van der Waals surface area contributed by atoms with Crippen molar-refractivity contribution in [1.82, 2.24) is 20.1 Å². The molecule has 12 heteroatoms. The van der Waals surface area contributed by atoms with Gasteiger partial charge in [-0.05, 0) is 31.2 Å². The van der Waals surface area contributed by atoms with E-state index in [-0.39, 0.29) is 40.0 Å². The summed E-state index contributed by atoms with van der Waals surface area (Å²) in [5, 5.41) is 18.8. The fourth-order valence-corrected chi connectivity index (χ4v) is 3.61. The summed E-state index contributed by atoms with van der Waals surface area (Å²) in [5.74, 6) is -3.55. The monoisotopic (exact) mass is 526 g/mol. The van der Waals surface area contributed by atoms with E-state index >= 15 is 0 Å². The molecular formula is C25H21ClF2N6O3. The molecular weight excluding hydrogens is 506 g/mol. The lowest BCUT2D eigenvalue weighted by Gasteiger charge is -2.11. The molecule has 2 amide bonds. The molecule has 190 valence electrons. The van der Waals surface area contributed by atoms with Gasteiger partial charge in [-0.1, -0.05) is 35.9 Å². The predicted molar refractivity (Wildman–Crippen MR) is 135 cm³/mol. The number of aromatic nitrogens is 3. The maximum atomic E-state index is 14.4. The molecule has 9 nitrogen and oxygen atoms in total. The Balaban J connectivity index is 1.70. The molecule has 0 fully saturated rings. The number of hydrogen-bond donors (Lipinski definition) is 4. The first kappa shape index (κ1) is 25.7. The summed E-state index contributed by atoms with van der Waals surface area (Å²) in [6.45, 7) is 1.36. The maximum absolute atomic E-state index is 14.4. The van der Waals surface area contributed by atoms with Crippen LogP contribution in [0.1, 0.15) is 27.8 Å². The number of para-hydroxylation sites is 1. The van der Waals surface area contributed by atoms with E-state index in [1.54, 1.807) is 37.3 Å². The molecule has 2 heterocycles. The second-order valence-electron chi connectivity index (χ2n) is 8.05. The molecule has 0 aliphatic rings. The van der Waals surface area contributed by atoms with E-state index in [9.17, 15) is 23.5 Å². The normalized spacial score (nSPS) is 11.7. The van der Waals surface area contributed by atoms with E-state index in [1.165, 1.54) is 28.9 Å². The number of halogens is 3. The standard InChI is InChI=1S/C25H21ClF2N6O3/c1-13(12-35)30-25(37)20-11-21(34(33-20)15-5-3-2-4-6-15)31-24(36)16-9-14(7-8-17(16)26)22-18(27)10-19(28)23(29)32-22/h2-11,13,35H,12H2,1H3,(H2,29,32)(H,30,37)(H,31,36)/t13-/m0/s1. The third kappa shape index (κ3) is 5.57. The molecule has 37 heavy (non-hydrogen) atoms. The Kier molecular flexibility index (Phi) is 7.46. The molecule has 0 spiro atoms. The third-order valence-electron chi connectivity index (χ3n) is 5.28. The van der Waals surface area contributed by atoms with E-state index in [0.29, 0.717) is 11.8 Å². The first-order valence-corrected chi connectivity index (χ1v) is 11.4. The average Bonchev–Trinajstić information content (AvgIpc) is 3.31. The van der Waals surface area contributed by atoms with Crippen LogP contribution in [0.5, 0.6) is 0 Å². The number of anilines is 2. The molecule has 0 saturated heterocycles. The lowest BCUT2D eigenvalue weighted by atomic mass is 10.1. The van der Waals surface area contributed by atoms with Gasteiger partial charge in [-0.3, -0.25) is 9.59 Å². The van der Waals surface area contributed by atoms with Crippen molar-refractivity contribution in [1.29, 1.82) is 0 Å². The van der Waals surface area contributed by atoms with Crippen LogP contribution < -0.4 is 16.4 Å². The number of aliphatic hydroxyl groups excluding tert-OH is 1. The Morgan fingerprint density at radius 1 is 1.08 bits per heavy atom. The van der Waals surface area contributed by atoms with Crippen molar-refractivity contribution in [3.8, 4) is 16.9 Å². The number of nitrogens with two attached hydrogens (primary N) is 1. The number of hydrogen-bond acceptors (Lipinski definition) is 6. The van der Waals surface area contributed by atoms with Gasteiger partial charge < -0.3 is 21.5 Å². The van der Waals surface area contributed by atoms with Crippen molar-refractivity contribution in [2.75, 3.05) is 17.7 Å². The number of carbonyl (C=O) groups excluding carboxylic acids is 2. The van der Waals surface area contributed by atoms with Crippen LogP contribution in [0, 0.1) is 11.6 Å². The zero-order chi connectivity index (χ0) is 26.7. The van der Waals surface area contributed by atoms with Crippen LogP contribution in [0.2, 0.25) is 5.02 Å². The minimum Gasteiger partial charge on any atom is -0.394 e. The summed E-state index contributed by atoms with van der Waals surface area (Å²) < 4.78 is 29.3. The van der Waals surface area contributed by atoms with Gasteiger partial charge in [0, 0.05) is 23.7 Å². The Morgan fingerprint density at radius 3 is 2.51 bits per heavy atom. The molecule has 0 radical (unpaired) electrons. The Labute approximate surface area is 214 Å². The molecule has 0 aliphatic heterocycles. The van der Waals surface area contributed by atoms with Crippen molar-refractivity contribution < 1.29 is 23.5 Å². The fourth-order valence-electron chi connectivity index (χ4n) is 3.40. The minimum absolute atomic E-state index is 0.00707. The van der Waals surface area contributed by atoms with Gasteiger partial charge in [0.1, 0.15) is 11.5 Å². The minimum atomic E-state index is -1.00. The van der Waals surface area contributed by atoms with Crippen LogP contribution in [0.4, 0.5) is 20.4 Å². The maximum Gasteiger partial charge on any atom is 0.272 e. The Morgan fingerprint density at radius 2 is 1.81 bits per heavy atom. The van der Waals surface area contributed by atoms with E-state index < -0.39 is 35.3 Å². The summed E-state index contributed by atoms with van der Waals surface area (Å²) >= 11 is 6.26. The average molecular weight is 527 g/mol. The molecule has 1 atom stereocenters. The highest BCUT2D eigenvalue weighted by Crippen LogP contribution is 2.28. The summed E-state index contributed by atoms with van der Waals surface area (Å²) in [6.07, 6.45) is 0. The van der Waals surface area contributed by atoms with Gasteiger partial charge in [-0.15, -0.1) is 0 Å². The van der Waals surface area contributed by atoms with Gasteiger partial charge in [0.25, 0.3) is 11.8 Å². The van der Waals surface area contributed by atoms with Crippen LogP contribution in [0.15, 0.2) is 60.7 Å². The van der Waals surface area contributed by atoms with E-state index in [0.717, 1.165) is 0 Å². The number of nitrogens with one attached hydrogen (secondary N) is 2. The van der Waals surface area contributed by atoms with Gasteiger partial charge >= 0.3 is 0 Å². The molecule has 0 unspecified atom stereocenters. The van der Waals surface area contributed by atoms with Crippen LogP contribution in [0.3, 0.4) is 0 Å². The largest absolute Gasteiger partial charge is 0.394 e. The van der Waals surface area contributed by atoms with Crippen molar-refractivity contribution in [2.24, 2.45) is 0 Å². The highest BCUT2D eigenvalue weighted by molar-refractivity contribution is 6.34. The number of aliphatic hydroxyl groups is 1. The van der Waals surface area contributed by atoms with Gasteiger partial charge in [-0.25, -0.2) is 18.4 Å². The quantitative estimate of drug-likeness (QED) is 0.289. The van der Waals surface area contributed by atoms with Crippen molar-refractivity contribution in [3.63, 3.8) is 0 Å². The van der Waals surface area contributed by atoms with Crippen LogP contribution in [0.25, 0.3) is 16.9 Å². The van der Waals surface area contributed by atoms with Gasteiger partial charge in [0.05, 0.1) is 22.9 Å². The highest BCUT2D eigenvalue weighted by Gasteiger charge is 2.21. The number of carbonyl (C=O) groups is 2. The summed E-state index contributed by atoms with van der Waals surface area (Å²) in [4.78, 5) is 29.6. The van der Waals surface area contributed by atoms with Gasteiger partial charge in [0.15, 0.2) is 23.1 Å². The summed E-state index contributed by atoms with van der Waals surface area (Å²) in [5.41, 5.74) is 5.88. The van der Waals surface area contributed by atoms with Crippen LogP contribution >= 0.6 is 11.6 Å². The van der Waals surface area contributed by atoms with E-state index in [1.807, 2.05) is 0 Å². The lowest BCUT2D eigenvalue weighted by molar-refractivity contribution is 0.0916. The molecule has 0 saturated carbocycles. The SMILES string of the molecule is C[C@@H](CO)NC(=O)c1cc(NC(=O)c2cc(-c3nc(N)c(F)cc3F)ccc2Cl)n(-c2ccccc2)n1. The predicted octanol–water partition coefficient (Wildman–Crippen LogP) is 3.81. The number of nitrogens with zero attached hydrogens (tertiary/aromatic N) is 3. The van der Waals surface area contributed by atoms with E-state index in [2.05, 4.69) is 20.7 Å². The highest BCUT2D eigenvalue weighted by atomic mass is 35.5. The van der Waals surface area contributed by atoms with Crippen molar-refractivity contribution in [3.05, 3.63) is 88.6 Å². The number of nitrogen functional groups attached to an aromatic ring is 1. The molecule has 5 N–H and O–H groups in total. The van der Waals surface area contributed by atoms with Crippen molar-refractivity contribution in [2.45, 2.75) is 13.0 Å². The fraction of sp³-hybridized carbons (Fsp3) is 0.120. The zero-order valence-electron chi connectivity index (χ0n) is 19.4. The zero-order valence-corrected chi connectivity index (χ0v) is 20.1. The second-order valence-corrected chi connectivity index (χ2v) is 8.46. The van der Waals surface area contributed by atoms with Gasteiger partial charge in [0.2, 0.25) is 0 Å². The molecule has 0 aliphatic carbocycles. The first-order valence-electron chi connectivity index (χ1n) is 11.0. The smallest absolute Gasteiger partial charge is 0.272 e. The molecule has 0 bridgehead atoms. The number of amides is 2. The molecule has 4 rings (SSSR count). The number of pyridine rings is 1. The van der Waals surface area contributed by atoms with Gasteiger partial charge in [-0.2, -0.15) is 5.10 Å². The Bertz CT molecular complexity index is 1480. The molecule has 4 aromatic rings. The van der Waals surface area contributed by atoms with Crippen LogP contribution in [-0.4, -0.2) is 44.3 Å². The summed E-state index contributed by atoms with van der Waals surface area (Å²) in [6, 6.07) is 14.3. The third-order valence-corrected chi connectivity index (χ3v) is 5.61. The topological polar surface area (TPSA) is 135 Å². The van der Waals surface area contributed by atoms with Crippen LogP contribution in [-0.2, 0) is 0 Å². The number of benzene rings is 2. The molecule has 2 aromatic heterocycles. The van der Waals surface area contributed by atoms with E-state index in [4.69, 9.17) is 17.3 Å². The summed E-state index contributed by atoms with van der Waals surface area (Å²) in [7, 11) is 0.